The Balaban J connectivity index is 1.60. The minimum absolute atomic E-state index is 0.0543. The zero-order chi connectivity index (χ0) is 15.4. The Morgan fingerprint density at radius 2 is 2.14 bits per heavy atom. The van der Waals surface area contributed by atoms with Gasteiger partial charge in [-0.1, -0.05) is 41.3 Å². The fourth-order valence-electron chi connectivity index (χ4n) is 1.86. The summed E-state index contributed by atoms with van der Waals surface area (Å²) in [5.74, 6) is 0.401. The molecular weight excluding hydrogens is 316 g/mol. The number of hydrogen-bond acceptors (Lipinski definition) is 6. The molecule has 3 rings (SSSR count). The van der Waals surface area contributed by atoms with Crippen LogP contribution in [0.15, 0.2) is 46.9 Å². The first-order chi connectivity index (χ1) is 10.7. The molecule has 112 valence electrons. The maximum Gasteiger partial charge on any atom is 0.210 e. The summed E-state index contributed by atoms with van der Waals surface area (Å²) in [6.45, 7) is 2.04. The maximum absolute atomic E-state index is 11.9. The molecule has 0 aliphatic heterocycles. The number of aromatic amines is 1. The number of hydrogen-bond donors (Lipinski definition) is 2. The van der Waals surface area contributed by atoms with E-state index in [1.54, 1.807) is 12.3 Å². The van der Waals surface area contributed by atoms with Gasteiger partial charge in [0.2, 0.25) is 5.13 Å². The van der Waals surface area contributed by atoms with Gasteiger partial charge in [-0.25, -0.2) is 0 Å². The van der Waals surface area contributed by atoms with Crippen LogP contribution in [0, 0.1) is 6.92 Å². The number of carbonyl (C=O) groups is 1. The minimum atomic E-state index is 0.0543. The van der Waals surface area contributed by atoms with E-state index in [0.29, 0.717) is 11.4 Å². The average molecular weight is 330 g/mol. The zero-order valence-electron chi connectivity index (χ0n) is 11.9. The number of H-pyrrole nitrogens is 1. The largest absolute Gasteiger partial charge is 0.359 e. The lowest BCUT2D eigenvalue weighted by atomic mass is 10.2. The molecule has 2 aromatic heterocycles. The molecular formula is C15H14N4OS2. The molecule has 0 atom stereocenters. The van der Waals surface area contributed by atoms with Crippen molar-refractivity contribution in [3.05, 3.63) is 53.9 Å². The first-order valence-corrected chi connectivity index (χ1v) is 8.48. The van der Waals surface area contributed by atoms with Crippen LogP contribution in [0.25, 0.3) is 0 Å². The molecule has 0 bridgehead atoms. The molecule has 7 heteroatoms. The number of thioether (sulfide) groups is 1. The van der Waals surface area contributed by atoms with Gasteiger partial charge in [-0.05, 0) is 30.7 Å². The lowest BCUT2D eigenvalue weighted by Crippen LogP contribution is -2.02. The number of benzene rings is 1. The molecule has 22 heavy (non-hydrogen) atoms. The number of rotatable bonds is 6. The molecule has 5 nitrogen and oxygen atoms in total. The van der Waals surface area contributed by atoms with E-state index in [0.717, 1.165) is 20.7 Å². The lowest BCUT2D eigenvalue weighted by molar-refractivity contribution is 0.101. The fourth-order valence-corrected chi connectivity index (χ4v) is 3.50. The van der Waals surface area contributed by atoms with Crippen molar-refractivity contribution in [3.8, 4) is 0 Å². The summed E-state index contributed by atoms with van der Waals surface area (Å²) in [6.07, 6.45) is 1.74. The van der Waals surface area contributed by atoms with Crippen molar-refractivity contribution in [2.24, 2.45) is 0 Å². The Morgan fingerprint density at radius 3 is 2.91 bits per heavy atom. The van der Waals surface area contributed by atoms with Crippen molar-refractivity contribution >= 4 is 39.7 Å². The van der Waals surface area contributed by atoms with Gasteiger partial charge in [0.1, 0.15) is 0 Å². The second-order valence-corrected chi connectivity index (χ2v) is 6.81. The summed E-state index contributed by atoms with van der Waals surface area (Å²) >= 11 is 2.84. The number of nitrogens with one attached hydrogen (secondary N) is 2. The van der Waals surface area contributed by atoms with Crippen LogP contribution in [0.2, 0.25) is 0 Å². The Hall–Kier alpha value is -2.12. The molecule has 0 aliphatic rings. The van der Waals surface area contributed by atoms with Crippen LogP contribution in [0.5, 0.6) is 0 Å². The first kappa shape index (κ1) is 14.8. The molecule has 0 saturated carbocycles. The van der Waals surface area contributed by atoms with E-state index >= 15 is 0 Å². The summed E-state index contributed by atoms with van der Waals surface area (Å²) in [7, 11) is 0. The molecule has 0 aliphatic carbocycles. The van der Waals surface area contributed by atoms with Crippen molar-refractivity contribution in [1.82, 2.24) is 15.2 Å². The average Bonchev–Trinajstić information content (AvgIpc) is 3.19. The third kappa shape index (κ3) is 3.55. The van der Waals surface area contributed by atoms with E-state index in [4.69, 9.17) is 0 Å². The van der Waals surface area contributed by atoms with Gasteiger partial charge >= 0.3 is 0 Å². The summed E-state index contributed by atoms with van der Waals surface area (Å²) in [4.78, 5) is 14.8. The quantitative estimate of drug-likeness (QED) is 0.530. The summed E-state index contributed by atoms with van der Waals surface area (Å²) in [6, 6.07) is 11.6. The summed E-state index contributed by atoms with van der Waals surface area (Å²) in [5, 5.41) is 12.2. The molecule has 1 aromatic carbocycles. The lowest BCUT2D eigenvalue weighted by Gasteiger charge is -2.04. The third-order valence-corrected chi connectivity index (χ3v) is 4.99. The highest BCUT2D eigenvalue weighted by molar-refractivity contribution is 8.01. The normalized spacial score (nSPS) is 10.6. The number of Topliss-reactive ketones (excluding diaryl/α,β-unsaturated/α-hetero) is 1. The maximum atomic E-state index is 11.9. The van der Waals surface area contributed by atoms with Crippen molar-refractivity contribution in [1.29, 1.82) is 0 Å². The highest BCUT2D eigenvalue weighted by Crippen LogP contribution is 2.28. The Morgan fingerprint density at radius 1 is 1.27 bits per heavy atom. The number of para-hydroxylation sites is 1. The van der Waals surface area contributed by atoms with Gasteiger partial charge < -0.3 is 10.3 Å². The van der Waals surface area contributed by atoms with E-state index in [1.165, 1.54) is 23.1 Å². The van der Waals surface area contributed by atoms with E-state index in [9.17, 15) is 4.79 Å². The predicted octanol–water partition coefficient (Wildman–Crippen LogP) is 3.89. The van der Waals surface area contributed by atoms with Crippen LogP contribution >= 0.6 is 23.1 Å². The number of nitrogens with zero attached hydrogens (tertiary/aromatic N) is 2. The van der Waals surface area contributed by atoms with Gasteiger partial charge in [-0.15, -0.1) is 10.2 Å². The number of anilines is 2. The number of ketones is 1. The highest BCUT2D eigenvalue weighted by atomic mass is 32.2. The first-order valence-electron chi connectivity index (χ1n) is 6.68. The molecule has 0 spiro atoms. The van der Waals surface area contributed by atoms with Crippen molar-refractivity contribution < 1.29 is 4.79 Å². The van der Waals surface area contributed by atoms with E-state index < -0.39 is 0 Å². The molecule has 0 saturated heterocycles. The summed E-state index contributed by atoms with van der Waals surface area (Å²) in [5.41, 5.74) is 2.78. The molecule has 3 aromatic rings. The van der Waals surface area contributed by atoms with Crippen LogP contribution in [0.3, 0.4) is 0 Å². The van der Waals surface area contributed by atoms with Crippen molar-refractivity contribution in [3.63, 3.8) is 0 Å². The highest BCUT2D eigenvalue weighted by Gasteiger charge is 2.11. The van der Waals surface area contributed by atoms with Gasteiger partial charge in [-0.2, -0.15) is 0 Å². The minimum Gasteiger partial charge on any atom is -0.359 e. The third-order valence-electron chi connectivity index (χ3n) is 3.02. The Bertz CT molecular complexity index is 767. The van der Waals surface area contributed by atoms with Crippen LogP contribution in [-0.2, 0) is 0 Å². The van der Waals surface area contributed by atoms with Crippen LogP contribution < -0.4 is 5.32 Å². The van der Waals surface area contributed by atoms with E-state index in [-0.39, 0.29) is 5.78 Å². The van der Waals surface area contributed by atoms with Crippen molar-refractivity contribution in [2.75, 3.05) is 11.1 Å². The van der Waals surface area contributed by atoms with Crippen LogP contribution in [-0.4, -0.2) is 26.7 Å². The van der Waals surface area contributed by atoms with Gasteiger partial charge in [0, 0.05) is 11.9 Å². The Labute approximate surface area is 136 Å². The Kier molecular flexibility index (Phi) is 4.55. The predicted molar refractivity (Wildman–Crippen MR) is 90.2 cm³/mol. The van der Waals surface area contributed by atoms with Crippen LogP contribution in [0.1, 0.15) is 16.1 Å². The van der Waals surface area contributed by atoms with Gasteiger partial charge in [0.05, 0.1) is 11.4 Å². The zero-order valence-corrected chi connectivity index (χ0v) is 13.5. The standard InChI is InChI=1S/C15H14N4OS2/c1-10-5-2-3-6-11(10)17-14-18-19-15(22-14)21-9-13(20)12-7-4-8-16-12/h2-8,16H,9H2,1H3,(H,17,18). The molecule has 0 unspecified atom stereocenters. The van der Waals surface area contributed by atoms with Crippen LogP contribution in [0.4, 0.5) is 10.8 Å². The molecule has 2 heterocycles. The van der Waals surface area contributed by atoms with Gasteiger partial charge in [0.15, 0.2) is 10.1 Å². The van der Waals surface area contributed by atoms with E-state index in [1.807, 2.05) is 37.3 Å². The van der Waals surface area contributed by atoms with Crippen molar-refractivity contribution in [2.45, 2.75) is 11.3 Å². The summed E-state index contributed by atoms with van der Waals surface area (Å²) < 4.78 is 0.774. The van der Waals surface area contributed by atoms with E-state index in [2.05, 4.69) is 20.5 Å². The SMILES string of the molecule is Cc1ccccc1Nc1nnc(SCC(=O)c2ccc[nH]2)s1. The number of aromatic nitrogens is 3. The monoisotopic (exact) mass is 330 g/mol. The fraction of sp³-hybridized carbons (Fsp3) is 0.133. The van der Waals surface area contributed by atoms with Gasteiger partial charge in [0.25, 0.3) is 0 Å². The van der Waals surface area contributed by atoms with Gasteiger partial charge in [-0.3, -0.25) is 4.79 Å². The number of aryl methyl sites for hydroxylation is 1. The molecule has 2 N–H and O–H groups in total. The second kappa shape index (κ2) is 6.76. The molecule has 0 fully saturated rings. The second-order valence-electron chi connectivity index (χ2n) is 4.61. The number of carbonyl (C=O) groups excluding carboxylic acids is 1. The smallest absolute Gasteiger partial charge is 0.210 e. The molecule has 0 amide bonds. The molecule has 0 radical (unpaired) electrons. The topological polar surface area (TPSA) is 70.7 Å².